The van der Waals surface area contributed by atoms with E-state index in [1.807, 2.05) is 17.7 Å². The van der Waals surface area contributed by atoms with Gasteiger partial charge in [0.2, 0.25) is 0 Å². The van der Waals surface area contributed by atoms with Gasteiger partial charge in [-0.1, -0.05) is 23.2 Å². The van der Waals surface area contributed by atoms with Crippen molar-refractivity contribution in [3.05, 3.63) is 53.6 Å². The van der Waals surface area contributed by atoms with Crippen LogP contribution in [-0.2, 0) is 10.0 Å². The number of hydrogen-bond donors (Lipinski definition) is 2. The van der Waals surface area contributed by atoms with Crippen LogP contribution in [0.4, 0.5) is 0 Å². The summed E-state index contributed by atoms with van der Waals surface area (Å²) in [4.78, 5) is 20.4. The number of benzene rings is 1. The van der Waals surface area contributed by atoms with Crippen molar-refractivity contribution in [3.8, 4) is 0 Å². The van der Waals surface area contributed by atoms with Crippen LogP contribution in [0.5, 0.6) is 0 Å². The number of nitrogens with zero attached hydrogens (tertiary/aromatic N) is 3. The van der Waals surface area contributed by atoms with Crippen LogP contribution in [-0.4, -0.2) is 29.4 Å². The van der Waals surface area contributed by atoms with Crippen LogP contribution in [0.2, 0.25) is 0 Å². The Kier molecular flexibility index (Phi) is 3.57. The Balaban J connectivity index is 1.94. The largest absolute Gasteiger partial charge is 0.457 e. The van der Waals surface area contributed by atoms with Gasteiger partial charge in [0.05, 0.1) is 4.90 Å². The summed E-state index contributed by atoms with van der Waals surface area (Å²) in [5, 5.41) is 2.73. The topological polar surface area (TPSA) is 109 Å². The maximum absolute atomic E-state index is 12.2. The van der Waals surface area contributed by atoms with Crippen LogP contribution >= 0.6 is 0 Å². The van der Waals surface area contributed by atoms with Crippen LogP contribution in [0.15, 0.2) is 41.3 Å². The first-order valence-electron chi connectivity index (χ1n) is 6.75. The molecule has 9 heteroatoms. The minimum absolute atomic E-state index is 0.00210. The number of hydrogen-bond acceptors (Lipinski definition) is 5. The number of nitrogens with one attached hydrogen (secondary N) is 2. The molecule has 0 saturated carbocycles. The zero-order valence-corrected chi connectivity index (χ0v) is 13.3. The fraction of sp³-hybridized carbons (Fsp3) is 0.143. The highest BCUT2D eigenvalue weighted by Gasteiger charge is 2.25. The second-order valence-corrected chi connectivity index (χ2v) is 6.68. The maximum atomic E-state index is 12.2. The maximum Gasteiger partial charge on any atom is 0.457 e. The summed E-state index contributed by atoms with van der Waals surface area (Å²) in [5.41, 5.74) is 1.54. The van der Waals surface area contributed by atoms with Gasteiger partial charge in [0.25, 0.3) is 10.0 Å². The molecule has 0 radical (unpaired) electrons. The first-order valence-corrected chi connectivity index (χ1v) is 8.23. The van der Waals surface area contributed by atoms with Crippen molar-refractivity contribution >= 4 is 21.7 Å². The molecule has 1 amide bonds. The fourth-order valence-electron chi connectivity index (χ4n) is 2.14. The standard InChI is InChI=1S/C14H13N5O3S/c1-9-8-10(2)19-14(15-9)16-12(17-19)13(20)18-23(21,22)11-6-4-3-5-7-11/h3-8H,1-2H3,(H,18,20)/p+1. The first-order chi connectivity index (χ1) is 10.9. The predicted molar refractivity (Wildman–Crippen MR) is 80.1 cm³/mol. The highest BCUT2D eigenvalue weighted by molar-refractivity contribution is 7.90. The van der Waals surface area contributed by atoms with Gasteiger partial charge in [0.1, 0.15) is 11.4 Å². The molecule has 0 aliphatic rings. The summed E-state index contributed by atoms with van der Waals surface area (Å²) in [6.45, 7) is 3.63. The minimum Gasteiger partial charge on any atom is -0.263 e. The second kappa shape index (κ2) is 5.43. The number of amides is 1. The number of carbonyl (C=O) groups excluding carboxylic acids is 1. The minimum atomic E-state index is -3.95. The number of aromatic amines is 1. The Morgan fingerprint density at radius 3 is 2.57 bits per heavy atom. The van der Waals surface area contributed by atoms with E-state index in [4.69, 9.17) is 0 Å². The molecule has 2 N–H and O–H groups in total. The van der Waals surface area contributed by atoms with Gasteiger partial charge >= 0.3 is 17.5 Å². The number of sulfonamides is 1. The van der Waals surface area contributed by atoms with Crippen molar-refractivity contribution in [2.75, 3.05) is 0 Å². The molecule has 0 spiro atoms. The molecule has 0 aliphatic carbocycles. The molecule has 3 rings (SSSR count). The average molecular weight is 332 g/mol. The van der Waals surface area contributed by atoms with Gasteiger partial charge in [0, 0.05) is 6.07 Å². The lowest BCUT2D eigenvalue weighted by Gasteiger charge is -2.03. The number of aryl methyl sites for hydroxylation is 2. The van der Waals surface area contributed by atoms with Gasteiger partial charge in [-0.15, -0.1) is 4.52 Å². The summed E-state index contributed by atoms with van der Waals surface area (Å²) in [7, 11) is -3.95. The van der Waals surface area contributed by atoms with E-state index in [-0.39, 0.29) is 10.7 Å². The Morgan fingerprint density at radius 2 is 1.87 bits per heavy atom. The molecule has 23 heavy (non-hydrogen) atoms. The normalized spacial score (nSPS) is 11.6. The van der Waals surface area contributed by atoms with E-state index in [0.717, 1.165) is 11.4 Å². The summed E-state index contributed by atoms with van der Waals surface area (Å²) in [6, 6.07) is 9.45. The Bertz CT molecular complexity index is 996. The van der Waals surface area contributed by atoms with E-state index >= 15 is 0 Å². The smallest absolute Gasteiger partial charge is 0.263 e. The number of H-pyrrole nitrogens is 1. The van der Waals surface area contributed by atoms with Crippen LogP contribution in [0, 0.1) is 13.8 Å². The van der Waals surface area contributed by atoms with Crippen LogP contribution in [0.1, 0.15) is 22.0 Å². The van der Waals surface area contributed by atoms with Gasteiger partial charge in [-0.25, -0.2) is 18.2 Å². The summed E-state index contributed by atoms with van der Waals surface area (Å²) in [6.07, 6.45) is 0. The summed E-state index contributed by atoms with van der Waals surface area (Å²) in [5.74, 6) is -0.688. The quantitative estimate of drug-likeness (QED) is 0.670. The lowest BCUT2D eigenvalue weighted by Crippen LogP contribution is -2.33. The van der Waals surface area contributed by atoms with Crippen molar-refractivity contribution in [2.24, 2.45) is 0 Å². The SMILES string of the molecule is Cc1cc(C)[n+]2[nH]c(C(=O)NS(=O)(=O)c3ccccc3)nc2n1. The Morgan fingerprint density at radius 1 is 1.17 bits per heavy atom. The third-order valence-corrected chi connectivity index (χ3v) is 4.52. The number of rotatable bonds is 3. The molecular weight excluding hydrogens is 318 g/mol. The molecule has 0 fully saturated rings. The fourth-order valence-corrected chi connectivity index (χ4v) is 3.11. The van der Waals surface area contributed by atoms with E-state index in [2.05, 4.69) is 15.1 Å². The summed E-state index contributed by atoms with van der Waals surface area (Å²) >= 11 is 0. The van der Waals surface area contributed by atoms with Crippen LogP contribution in [0.25, 0.3) is 5.78 Å². The van der Waals surface area contributed by atoms with Gasteiger partial charge in [-0.3, -0.25) is 4.79 Å². The van der Waals surface area contributed by atoms with Crippen LogP contribution in [0.3, 0.4) is 0 Å². The second-order valence-electron chi connectivity index (χ2n) is 4.99. The molecule has 2 heterocycles. The molecule has 0 bridgehead atoms. The van der Waals surface area contributed by atoms with Gasteiger partial charge in [-0.2, -0.15) is 0 Å². The third kappa shape index (κ3) is 2.90. The van der Waals surface area contributed by atoms with Gasteiger partial charge < -0.3 is 0 Å². The lowest BCUT2D eigenvalue weighted by atomic mass is 10.4. The summed E-state index contributed by atoms with van der Waals surface area (Å²) < 4.78 is 27.8. The Hall–Kier alpha value is -2.81. The first kappa shape index (κ1) is 15.1. The number of aromatic nitrogens is 4. The number of carbonyl (C=O) groups is 1. The van der Waals surface area contributed by atoms with Crippen molar-refractivity contribution in [2.45, 2.75) is 18.7 Å². The van der Waals surface area contributed by atoms with E-state index in [1.54, 1.807) is 25.1 Å². The third-order valence-electron chi connectivity index (χ3n) is 3.17. The van der Waals surface area contributed by atoms with Crippen molar-refractivity contribution in [1.82, 2.24) is 19.8 Å². The monoisotopic (exact) mass is 332 g/mol. The average Bonchev–Trinajstić information content (AvgIpc) is 2.92. The molecule has 0 saturated heterocycles. The van der Waals surface area contributed by atoms with E-state index in [1.165, 1.54) is 16.6 Å². The molecule has 0 aliphatic heterocycles. The highest BCUT2D eigenvalue weighted by Crippen LogP contribution is 2.07. The molecule has 8 nitrogen and oxygen atoms in total. The molecule has 0 unspecified atom stereocenters. The molecule has 118 valence electrons. The Labute approximate surface area is 132 Å². The molecule has 0 atom stereocenters. The van der Waals surface area contributed by atoms with E-state index < -0.39 is 15.9 Å². The van der Waals surface area contributed by atoms with Crippen molar-refractivity contribution in [3.63, 3.8) is 0 Å². The lowest BCUT2D eigenvalue weighted by molar-refractivity contribution is -0.587. The van der Waals surface area contributed by atoms with E-state index in [0.29, 0.717) is 5.78 Å². The van der Waals surface area contributed by atoms with Gasteiger partial charge in [-0.05, 0) is 31.0 Å². The van der Waals surface area contributed by atoms with E-state index in [9.17, 15) is 13.2 Å². The highest BCUT2D eigenvalue weighted by atomic mass is 32.2. The zero-order chi connectivity index (χ0) is 16.6. The molecule has 2 aromatic heterocycles. The zero-order valence-electron chi connectivity index (χ0n) is 12.4. The van der Waals surface area contributed by atoms with Crippen LogP contribution < -0.4 is 9.24 Å². The van der Waals surface area contributed by atoms with Crippen molar-refractivity contribution < 1.29 is 17.7 Å². The predicted octanol–water partition coefficient (Wildman–Crippen LogP) is 0.279. The molecular formula is C14H14N5O3S+. The number of fused-ring (bicyclic) bond motifs is 1. The molecule has 1 aromatic carbocycles. The molecule has 3 aromatic rings. The van der Waals surface area contributed by atoms with Gasteiger partial charge in [0.15, 0.2) is 0 Å². The van der Waals surface area contributed by atoms with Crippen molar-refractivity contribution in [1.29, 1.82) is 0 Å².